The minimum Gasteiger partial charge on any atom is -0.312 e. The predicted octanol–water partition coefficient (Wildman–Crippen LogP) is 3.29. The van der Waals surface area contributed by atoms with Crippen molar-refractivity contribution in [1.29, 1.82) is 0 Å². The number of hydrogen-bond acceptors (Lipinski definition) is 2. The van der Waals surface area contributed by atoms with Crippen LogP contribution in [0.2, 0.25) is 0 Å². The molecule has 2 N–H and O–H groups in total. The van der Waals surface area contributed by atoms with E-state index in [0.717, 1.165) is 6.54 Å². The number of nitrogens with two attached hydrogens (primary N) is 1. The first-order valence-electron chi connectivity index (χ1n) is 6.99. The lowest BCUT2D eigenvalue weighted by atomic mass is 9.93. The van der Waals surface area contributed by atoms with Gasteiger partial charge < -0.3 is 5.73 Å². The number of nitrogens with zero attached hydrogens (tertiary/aromatic N) is 1. The molecule has 1 aliphatic carbocycles. The van der Waals surface area contributed by atoms with Crippen LogP contribution in [0, 0.1) is 0 Å². The summed E-state index contributed by atoms with van der Waals surface area (Å²) in [5.41, 5.74) is 7.54. The van der Waals surface area contributed by atoms with Gasteiger partial charge in [-0.25, -0.2) is 0 Å². The van der Waals surface area contributed by atoms with Gasteiger partial charge in [0.05, 0.1) is 6.17 Å². The van der Waals surface area contributed by atoms with Crippen LogP contribution in [0.4, 0.5) is 0 Å². The van der Waals surface area contributed by atoms with Crippen LogP contribution in [-0.2, 0) is 6.54 Å². The van der Waals surface area contributed by atoms with Gasteiger partial charge in [-0.3, -0.25) is 4.90 Å². The average Bonchev–Trinajstić information content (AvgIpc) is 2.46. The van der Waals surface area contributed by atoms with Crippen LogP contribution < -0.4 is 5.73 Å². The van der Waals surface area contributed by atoms with Crippen LogP contribution in [0.3, 0.4) is 0 Å². The van der Waals surface area contributed by atoms with Crippen molar-refractivity contribution in [3.8, 4) is 0 Å². The van der Waals surface area contributed by atoms with Crippen molar-refractivity contribution in [3.05, 3.63) is 48.6 Å². The Kier molecular flexibility index (Phi) is 4.97. The molecule has 1 fully saturated rings. The van der Waals surface area contributed by atoms with Crippen molar-refractivity contribution >= 4 is 0 Å². The summed E-state index contributed by atoms with van der Waals surface area (Å²) < 4.78 is 0. The molecule has 1 aromatic carbocycles. The molecule has 0 aromatic heterocycles. The Bertz CT molecular complexity index is 355. The maximum absolute atomic E-state index is 6.20. The zero-order valence-electron chi connectivity index (χ0n) is 11.1. The van der Waals surface area contributed by atoms with E-state index >= 15 is 0 Å². The largest absolute Gasteiger partial charge is 0.312 e. The topological polar surface area (TPSA) is 29.3 Å². The quantitative estimate of drug-likeness (QED) is 0.636. The molecule has 0 heterocycles. The highest BCUT2D eigenvalue weighted by Gasteiger charge is 2.24. The molecule has 0 aliphatic heterocycles. The molecular formula is C16H24N2. The van der Waals surface area contributed by atoms with Gasteiger partial charge in [-0.05, 0) is 18.4 Å². The smallest absolute Gasteiger partial charge is 0.0766 e. The summed E-state index contributed by atoms with van der Waals surface area (Å²) >= 11 is 0. The molecule has 1 unspecified atom stereocenters. The third kappa shape index (κ3) is 3.44. The highest BCUT2D eigenvalue weighted by atomic mass is 15.2. The maximum atomic E-state index is 6.20. The summed E-state index contributed by atoms with van der Waals surface area (Å²) in [4.78, 5) is 2.40. The van der Waals surface area contributed by atoms with Gasteiger partial charge in [-0.1, -0.05) is 55.7 Å². The van der Waals surface area contributed by atoms with Crippen molar-refractivity contribution in [3.63, 3.8) is 0 Å². The van der Waals surface area contributed by atoms with Crippen LogP contribution in [0.25, 0.3) is 0 Å². The van der Waals surface area contributed by atoms with Crippen molar-refractivity contribution in [1.82, 2.24) is 4.90 Å². The fourth-order valence-corrected chi connectivity index (χ4v) is 2.82. The molecule has 1 saturated carbocycles. The van der Waals surface area contributed by atoms with E-state index in [0.29, 0.717) is 6.04 Å². The fraction of sp³-hybridized carbons (Fsp3) is 0.500. The maximum Gasteiger partial charge on any atom is 0.0766 e. The van der Waals surface area contributed by atoms with Crippen LogP contribution >= 0.6 is 0 Å². The molecule has 0 radical (unpaired) electrons. The second-order valence-corrected chi connectivity index (χ2v) is 5.18. The summed E-state index contributed by atoms with van der Waals surface area (Å²) in [6.07, 6.45) is 8.41. The molecule has 2 nitrogen and oxygen atoms in total. The van der Waals surface area contributed by atoms with E-state index in [4.69, 9.17) is 5.73 Å². The fourth-order valence-electron chi connectivity index (χ4n) is 2.82. The molecule has 2 heteroatoms. The Balaban J connectivity index is 2.07. The second-order valence-electron chi connectivity index (χ2n) is 5.18. The van der Waals surface area contributed by atoms with Gasteiger partial charge in [0.25, 0.3) is 0 Å². The first kappa shape index (κ1) is 13.3. The lowest BCUT2D eigenvalue weighted by Gasteiger charge is -2.37. The summed E-state index contributed by atoms with van der Waals surface area (Å²) in [7, 11) is 0. The van der Waals surface area contributed by atoms with Gasteiger partial charge in [0.2, 0.25) is 0 Å². The molecule has 2 rings (SSSR count). The van der Waals surface area contributed by atoms with E-state index in [2.05, 4.69) is 41.8 Å². The molecule has 1 aliphatic rings. The number of hydrogen-bond donors (Lipinski definition) is 1. The lowest BCUT2D eigenvalue weighted by Crippen LogP contribution is -2.47. The minimum atomic E-state index is -0.0340. The van der Waals surface area contributed by atoms with Crippen LogP contribution in [0.5, 0.6) is 0 Å². The van der Waals surface area contributed by atoms with Gasteiger partial charge in [-0.2, -0.15) is 0 Å². The van der Waals surface area contributed by atoms with Crippen LogP contribution in [0.1, 0.15) is 37.7 Å². The van der Waals surface area contributed by atoms with Gasteiger partial charge in [0.1, 0.15) is 0 Å². The Labute approximate surface area is 110 Å². The van der Waals surface area contributed by atoms with Gasteiger partial charge in [0, 0.05) is 12.6 Å². The molecule has 18 heavy (non-hydrogen) atoms. The van der Waals surface area contributed by atoms with Gasteiger partial charge in [0.15, 0.2) is 0 Å². The Morgan fingerprint density at radius 2 is 1.89 bits per heavy atom. The number of rotatable bonds is 5. The molecule has 0 spiro atoms. The summed E-state index contributed by atoms with van der Waals surface area (Å²) in [6.45, 7) is 4.78. The second kappa shape index (κ2) is 6.72. The third-order valence-electron chi connectivity index (χ3n) is 3.88. The summed E-state index contributed by atoms with van der Waals surface area (Å²) in [6, 6.07) is 11.2. The van der Waals surface area contributed by atoms with E-state index in [-0.39, 0.29) is 6.17 Å². The van der Waals surface area contributed by atoms with Crippen LogP contribution in [-0.4, -0.2) is 17.1 Å². The lowest BCUT2D eigenvalue weighted by molar-refractivity contribution is 0.120. The Morgan fingerprint density at radius 3 is 2.50 bits per heavy atom. The molecular weight excluding hydrogens is 220 g/mol. The van der Waals surface area contributed by atoms with E-state index < -0.39 is 0 Å². The van der Waals surface area contributed by atoms with Crippen molar-refractivity contribution < 1.29 is 0 Å². The normalized spacial score (nSPS) is 18.8. The van der Waals surface area contributed by atoms with Crippen molar-refractivity contribution in [2.45, 2.75) is 50.9 Å². The summed E-state index contributed by atoms with van der Waals surface area (Å²) in [5, 5.41) is 0. The van der Waals surface area contributed by atoms with E-state index in [1.807, 2.05) is 6.08 Å². The van der Waals surface area contributed by atoms with Gasteiger partial charge >= 0.3 is 0 Å². The highest BCUT2D eigenvalue weighted by molar-refractivity contribution is 5.15. The zero-order chi connectivity index (χ0) is 12.8. The predicted molar refractivity (Wildman–Crippen MR) is 77.0 cm³/mol. The van der Waals surface area contributed by atoms with Gasteiger partial charge in [-0.15, -0.1) is 6.58 Å². The van der Waals surface area contributed by atoms with E-state index in [1.54, 1.807) is 0 Å². The minimum absolute atomic E-state index is 0.0340. The SMILES string of the molecule is C=CC(N)N(Cc1ccccc1)C1CCCCC1. The van der Waals surface area contributed by atoms with Crippen molar-refractivity contribution in [2.75, 3.05) is 0 Å². The Morgan fingerprint density at radius 1 is 1.22 bits per heavy atom. The van der Waals surface area contributed by atoms with Crippen molar-refractivity contribution in [2.24, 2.45) is 5.73 Å². The molecule has 0 amide bonds. The monoisotopic (exact) mass is 244 g/mol. The van der Waals surface area contributed by atoms with E-state index in [1.165, 1.54) is 37.7 Å². The molecule has 1 aromatic rings. The highest BCUT2D eigenvalue weighted by Crippen LogP contribution is 2.25. The Hall–Kier alpha value is -1.12. The number of benzene rings is 1. The summed E-state index contributed by atoms with van der Waals surface area (Å²) in [5.74, 6) is 0. The van der Waals surface area contributed by atoms with Crippen LogP contribution in [0.15, 0.2) is 43.0 Å². The first-order valence-corrected chi connectivity index (χ1v) is 6.99. The molecule has 0 bridgehead atoms. The molecule has 1 atom stereocenters. The average molecular weight is 244 g/mol. The molecule has 98 valence electrons. The molecule has 0 saturated heterocycles. The zero-order valence-corrected chi connectivity index (χ0v) is 11.1. The third-order valence-corrected chi connectivity index (χ3v) is 3.88. The standard InChI is InChI=1S/C16H24N2/c1-2-16(17)18(15-11-7-4-8-12-15)13-14-9-5-3-6-10-14/h2-3,5-6,9-10,15-16H,1,4,7-8,11-13,17H2. The first-order chi connectivity index (χ1) is 8.81. The van der Waals surface area contributed by atoms with E-state index in [9.17, 15) is 0 Å².